The van der Waals surface area contributed by atoms with Gasteiger partial charge in [-0.05, 0) is 55.8 Å². The summed E-state index contributed by atoms with van der Waals surface area (Å²) in [5, 5.41) is 9.11. The third-order valence-corrected chi connectivity index (χ3v) is 4.00. The van der Waals surface area contributed by atoms with Gasteiger partial charge < -0.3 is 15.4 Å². The second-order valence-corrected chi connectivity index (χ2v) is 6.25. The number of benzene rings is 2. The van der Waals surface area contributed by atoms with Crippen LogP contribution in [0.3, 0.4) is 0 Å². The largest absolute Gasteiger partial charge is 0.450 e. The van der Waals surface area contributed by atoms with Crippen molar-refractivity contribution in [1.82, 2.24) is 5.32 Å². The first kappa shape index (κ1) is 19.9. The Morgan fingerprint density at radius 2 is 1.65 bits per heavy atom. The van der Waals surface area contributed by atoms with E-state index in [1.54, 1.807) is 49.4 Å². The van der Waals surface area contributed by atoms with Crippen LogP contribution in [0.25, 0.3) is 0 Å². The molecule has 26 heavy (non-hydrogen) atoms. The van der Waals surface area contributed by atoms with E-state index >= 15 is 0 Å². The third-order valence-electron chi connectivity index (χ3n) is 3.44. The van der Waals surface area contributed by atoms with Gasteiger partial charge in [-0.3, -0.25) is 5.32 Å². The molecular weight excluding hydrogens is 377 g/mol. The Hall–Kier alpha value is -2.44. The molecule has 0 bridgehead atoms. The van der Waals surface area contributed by atoms with E-state index in [4.69, 9.17) is 27.9 Å². The first-order valence-corrected chi connectivity index (χ1v) is 8.71. The predicted octanol–water partition coefficient (Wildman–Crippen LogP) is 5.44. The molecule has 0 radical (unpaired) electrons. The lowest BCUT2D eigenvalue weighted by atomic mass is 10.1. The Kier molecular flexibility index (Phi) is 7.12. The molecule has 2 rings (SSSR count). The number of carbonyl (C=O) groups excluding carboxylic acids is 2. The van der Waals surface area contributed by atoms with E-state index in [2.05, 4.69) is 16.0 Å². The molecule has 2 aromatic rings. The van der Waals surface area contributed by atoms with Gasteiger partial charge in [-0.1, -0.05) is 29.3 Å². The number of ether oxygens (including phenoxy) is 1. The fourth-order valence-corrected chi connectivity index (χ4v) is 2.79. The molecule has 2 aromatic carbocycles. The number of halogens is 2. The molecule has 3 N–H and O–H groups in total. The molecule has 1 atom stereocenters. The van der Waals surface area contributed by atoms with Gasteiger partial charge in [0.2, 0.25) is 0 Å². The van der Waals surface area contributed by atoms with E-state index in [1.807, 2.05) is 6.92 Å². The molecule has 138 valence electrons. The minimum absolute atomic E-state index is 0.293. The summed E-state index contributed by atoms with van der Waals surface area (Å²) in [4.78, 5) is 23.5. The highest BCUT2D eigenvalue weighted by Gasteiger charge is 2.13. The highest BCUT2D eigenvalue weighted by Crippen LogP contribution is 2.26. The van der Waals surface area contributed by atoms with Crippen molar-refractivity contribution >= 4 is 46.7 Å². The van der Waals surface area contributed by atoms with Gasteiger partial charge in [-0.25, -0.2) is 9.59 Å². The van der Waals surface area contributed by atoms with Crippen LogP contribution in [0, 0.1) is 0 Å². The van der Waals surface area contributed by atoms with Crippen LogP contribution in [0.5, 0.6) is 0 Å². The summed E-state index contributed by atoms with van der Waals surface area (Å²) in [7, 11) is 0. The van der Waals surface area contributed by atoms with Crippen LogP contribution < -0.4 is 16.0 Å². The second kappa shape index (κ2) is 9.31. The standard InChI is InChI=1S/C18H19Cl2N3O3/c1-3-26-18(25)23-14-7-5-13(6-8-14)22-17(24)21-11(2)15-9-4-12(19)10-16(15)20/h4-11H,3H2,1-2H3,(H,23,25)(H2,21,22,24). The fourth-order valence-electron chi connectivity index (χ4n) is 2.22. The van der Waals surface area contributed by atoms with Crippen LogP contribution in [-0.2, 0) is 4.74 Å². The molecule has 1 unspecified atom stereocenters. The van der Waals surface area contributed by atoms with Gasteiger partial charge in [0.15, 0.2) is 0 Å². The molecule has 0 fully saturated rings. The molecular formula is C18H19Cl2N3O3. The number of nitrogens with one attached hydrogen (secondary N) is 3. The Labute approximate surface area is 161 Å². The van der Waals surface area contributed by atoms with Crippen LogP contribution in [0.2, 0.25) is 10.0 Å². The number of hydrogen-bond acceptors (Lipinski definition) is 3. The second-order valence-electron chi connectivity index (χ2n) is 5.41. The van der Waals surface area contributed by atoms with Gasteiger partial charge in [0.05, 0.1) is 12.6 Å². The smallest absolute Gasteiger partial charge is 0.411 e. The highest BCUT2D eigenvalue weighted by atomic mass is 35.5. The number of hydrogen-bond donors (Lipinski definition) is 3. The number of urea groups is 1. The van der Waals surface area contributed by atoms with Crippen molar-refractivity contribution in [2.75, 3.05) is 17.2 Å². The van der Waals surface area contributed by atoms with Crippen molar-refractivity contribution in [3.63, 3.8) is 0 Å². The normalized spacial score (nSPS) is 11.4. The van der Waals surface area contributed by atoms with Crippen LogP contribution in [0.1, 0.15) is 25.5 Å². The zero-order chi connectivity index (χ0) is 19.1. The minimum atomic E-state index is -0.528. The lowest BCUT2D eigenvalue weighted by Crippen LogP contribution is -2.31. The quantitative estimate of drug-likeness (QED) is 0.629. The summed E-state index contributed by atoms with van der Waals surface area (Å²) >= 11 is 12.0. The van der Waals surface area contributed by atoms with Crippen LogP contribution in [0.4, 0.5) is 21.0 Å². The van der Waals surface area contributed by atoms with Gasteiger partial charge in [0.25, 0.3) is 0 Å². The summed E-state index contributed by atoms with van der Waals surface area (Å²) in [6.07, 6.45) is -0.528. The molecule has 0 saturated carbocycles. The molecule has 8 heteroatoms. The molecule has 6 nitrogen and oxygen atoms in total. The van der Waals surface area contributed by atoms with Crippen LogP contribution >= 0.6 is 23.2 Å². The third kappa shape index (κ3) is 5.82. The Morgan fingerprint density at radius 3 is 2.23 bits per heavy atom. The maximum atomic E-state index is 12.1. The molecule has 0 aliphatic carbocycles. The number of anilines is 2. The molecule has 0 aliphatic heterocycles. The van der Waals surface area contributed by atoms with E-state index in [0.717, 1.165) is 5.56 Å². The van der Waals surface area contributed by atoms with Crippen molar-refractivity contribution in [3.05, 3.63) is 58.1 Å². The van der Waals surface area contributed by atoms with Gasteiger partial charge in [-0.15, -0.1) is 0 Å². The van der Waals surface area contributed by atoms with E-state index in [1.165, 1.54) is 0 Å². The molecule has 0 spiro atoms. The predicted molar refractivity (Wildman–Crippen MR) is 104 cm³/mol. The molecule has 3 amide bonds. The lowest BCUT2D eigenvalue weighted by molar-refractivity contribution is 0.168. The summed E-state index contributed by atoms with van der Waals surface area (Å²) in [6.45, 7) is 3.84. The average molecular weight is 396 g/mol. The summed E-state index contributed by atoms with van der Waals surface area (Å²) in [5.41, 5.74) is 1.90. The van der Waals surface area contributed by atoms with Gasteiger partial charge in [0, 0.05) is 21.4 Å². The van der Waals surface area contributed by atoms with Gasteiger partial charge in [0.1, 0.15) is 0 Å². The Morgan fingerprint density at radius 1 is 1.04 bits per heavy atom. The Balaban J connectivity index is 1.91. The number of carbonyl (C=O) groups is 2. The number of rotatable bonds is 5. The minimum Gasteiger partial charge on any atom is -0.450 e. The first-order valence-electron chi connectivity index (χ1n) is 7.95. The van der Waals surface area contributed by atoms with E-state index in [9.17, 15) is 9.59 Å². The van der Waals surface area contributed by atoms with Crippen molar-refractivity contribution in [3.8, 4) is 0 Å². The van der Waals surface area contributed by atoms with Crippen molar-refractivity contribution in [2.24, 2.45) is 0 Å². The molecule has 0 aromatic heterocycles. The zero-order valence-electron chi connectivity index (χ0n) is 14.3. The first-order chi connectivity index (χ1) is 12.4. The highest BCUT2D eigenvalue weighted by molar-refractivity contribution is 6.35. The van der Waals surface area contributed by atoms with E-state index in [-0.39, 0.29) is 12.1 Å². The van der Waals surface area contributed by atoms with Gasteiger partial charge >= 0.3 is 12.1 Å². The van der Waals surface area contributed by atoms with Crippen molar-refractivity contribution in [1.29, 1.82) is 0 Å². The molecule has 0 saturated heterocycles. The maximum absolute atomic E-state index is 12.1. The Bertz CT molecular complexity index is 782. The molecule has 0 aliphatic rings. The van der Waals surface area contributed by atoms with Crippen LogP contribution in [-0.4, -0.2) is 18.7 Å². The zero-order valence-corrected chi connectivity index (χ0v) is 15.8. The van der Waals surface area contributed by atoms with E-state index < -0.39 is 6.09 Å². The van der Waals surface area contributed by atoms with Crippen molar-refractivity contribution < 1.29 is 14.3 Å². The summed E-state index contributed by atoms with van der Waals surface area (Å²) < 4.78 is 4.79. The van der Waals surface area contributed by atoms with Gasteiger partial charge in [-0.2, -0.15) is 0 Å². The number of amides is 3. The lowest BCUT2D eigenvalue weighted by Gasteiger charge is -2.16. The van der Waals surface area contributed by atoms with Crippen LogP contribution in [0.15, 0.2) is 42.5 Å². The average Bonchev–Trinajstić information content (AvgIpc) is 2.56. The summed E-state index contributed by atoms with van der Waals surface area (Å²) in [6, 6.07) is 11.1. The van der Waals surface area contributed by atoms with E-state index in [0.29, 0.717) is 28.0 Å². The SMILES string of the molecule is CCOC(=O)Nc1ccc(NC(=O)NC(C)c2ccc(Cl)cc2Cl)cc1. The molecule has 0 heterocycles. The monoisotopic (exact) mass is 395 g/mol. The fraction of sp³-hybridized carbons (Fsp3) is 0.222. The van der Waals surface area contributed by atoms with Crippen molar-refractivity contribution in [2.45, 2.75) is 19.9 Å². The summed E-state index contributed by atoms with van der Waals surface area (Å²) in [5.74, 6) is 0. The maximum Gasteiger partial charge on any atom is 0.411 e. The topological polar surface area (TPSA) is 79.5 Å².